The SMILES string of the molecule is Cc1nc(Sc2ccc(N)cc2Br)n[nH]1. The molecule has 2 rings (SSSR count). The van der Waals surface area contributed by atoms with E-state index in [1.54, 1.807) is 0 Å². The number of aromatic nitrogens is 3. The van der Waals surface area contributed by atoms with Gasteiger partial charge in [0.05, 0.1) is 0 Å². The lowest BCUT2D eigenvalue weighted by Gasteiger charge is -2.01. The fraction of sp³-hybridized carbons (Fsp3) is 0.111. The number of nitrogen functional groups attached to an aromatic ring is 1. The summed E-state index contributed by atoms with van der Waals surface area (Å²) in [5, 5.41) is 7.55. The minimum atomic E-state index is 0.706. The first-order valence-electron chi connectivity index (χ1n) is 4.27. The fourth-order valence-corrected chi connectivity index (χ4v) is 2.47. The van der Waals surface area contributed by atoms with Crippen molar-refractivity contribution < 1.29 is 0 Å². The Hall–Kier alpha value is -1.01. The van der Waals surface area contributed by atoms with Crippen molar-refractivity contribution in [2.75, 3.05) is 5.73 Å². The van der Waals surface area contributed by atoms with Crippen LogP contribution in [-0.4, -0.2) is 15.2 Å². The van der Waals surface area contributed by atoms with Gasteiger partial charge in [-0.3, -0.25) is 5.10 Å². The van der Waals surface area contributed by atoms with Crippen LogP contribution < -0.4 is 5.73 Å². The van der Waals surface area contributed by atoms with Crippen LogP contribution in [0.4, 0.5) is 5.69 Å². The second kappa shape index (κ2) is 4.24. The average Bonchev–Trinajstić information content (AvgIpc) is 2.56. The molecule has 0 unspecified atom stereocenters. The molecular weight excluding hydrogens is 276 g/mol. The summed E-state index contributed by atoms with van der Waals surface area (Å²) in [5.74, 6) is 0.809. The Kier molecular flexibility index (Phi) is 2.97. The van der Waals surface area contributed by atoms with E-state index in [4.69, 9.17) is 5.73 Å². The Bertz CT molecular complexity index is 483. The summed E-state index contributed by atoms with van der Waals surface area (Å²) in [6.45, 7) is 1.87. The number of nitrogens with two attached hydrogens (primary N) is 1. The summed E-state index contributed by atoms with van der Waals surface area (Å²) >= 11 is 4.93. The topological polar surface area (TPSA) is 67.6 Å². The first-order chi connectivity index (χ1) is 7.15. The molecule has 0 fully saturated rings. The number of benzene rings is 1. The number of nitrogens with zero attached hydrogens (tertiary/aromatic N) is 2. The molecule has 0 radical (unpaired) electrons. The molecule has 0 saturated carbocycles. The van der Waals surface area contributed by atoms with Gasteiger partial charge in [-0.15, -0.1) is 5.10 Å². The standard InChI is InChI=1S/C9H9BrN4S/c1-5-12-9(14-13-5)15-8-3-2-6(11)4-7(8)10/h2-4H,11H2,1H3,(H,12,13,14). The lowest BCUT2D eigenvalue weighted by Crippen LogP contribution is -1.85. The monoisotopic (exact) mass is 284 g/mol. The smallest absolute Gasteiger partial charge is 0.213 e. The van der Waals surface area contributed by atoms with Gasteiger partial charge in [-0.05, 0) is 52.8 Å². The van der Waals surface area contributed by atoms with Crippen molar-refractivity contribution in [3.05, 3.63) is 28.5 Å². The van der Waals surface area contributed by atoms with Crippen LogP contribution in [0.5, 0.6) is 0 Å². The molecule has 3 N–H and O–H groups in total. The molecule has 78 valence electrons. The van der Waals surface area contributed by atoms with E-state index in [1.165, 1.54) is 11.8 Å². The molecule has 0 aliphatic heterocycles. The van der Waals surface area contributed by atoms with Crippen LogP contribution >= 0.6 is 27.7 Å². The van der Waals surface area contributed by atoms with E-state index in [0.717, 1.165) is 20.9 Å². The molecule has 1 heterocycles. The zero-order chi connectivity index (χ0) is 10.8. The maximum absolute atomic E-state index is 5.65. The molecule has 4 nitrogen and oxygen atoms in total. The third-order valence-corrected chi connectivity index (χ3v) is 3.59. The Balaban J connectivity index is 2.24. The van der Waals surface area contributed by atoms with Gasteiger partial charge in [0.25, 0.3) is 0 Å². The van der Waals surface area contributed by atoms with Crippen LogP contribution in [0.15, 0.2) is 32.7 Å². The third-order valence-electron chi connectivity index (χ3n) is 1.73. The van der Waals surface area contributed by atoms with E-state index < -0.39 is 0 Å². The average molecular weight is 285 g/mol. The molecule has 0 atom stereocenters. The number of H-pyrrole nitrogens is 1. The number of hydrogen-bond donors (Lipinski definition) is 2. The molecular formula is C9H9BrN4S. The van der Waals surface area contributed by atoms with Crippen molar-refractivity contribution in [1.29, 1.82) is 0 Å². The summed E-state index contributed by atoms with van der Waals surface area (Å²) in [4.78, 5) is 5.26. The van der Waals surface area contributed by atoms with Gasteiger partial charge in [-0.25, -0.2) is 4.98 Å². The van der Waals surface area contributed by atoms with Gasteiger partial charge in [0.1, 0.15) is 5.82 Å². The summed E-state index contributed by atoms with van der Waals surface area (Å²) in [6.07, 6.45) is 0. The molecule has 1 aromatic heterocycles. The Morgan fingerprint density at radius 2 is 2.27 bits per heavy atom. The Morgan fingerprint density at radius 1 is 1.47 bits per heavy atom. The quantitative estimate of drug-likeness (QED) is 0.832. The summed E-state index contributed by atoms with van der Waals surface area (Å²) in [7, 11) is 0. The molecule has 1 aromatic carbocycles. The number of aromatic amines is 1. The first-order valence-corrected chi connectivity index (χ1v) is 5.88. The zero-order valence-corrected chi connectivity index (χ0v) is 10.4. The van der Waals surface area contributed by atoms with Gasteiger partial charge in [0.2, 0.25) is 5.16 Å². The van der Waals surface area contributed by atoms with Crippen LogP contribution in [0.2, 0.25) is 0 Å². The van der Waals surface area contributed by atoms with Crippen LogP contribution in [0.3, 0.4) is 0 Å². The van der Waals surface area contributed by atoms with E-state index in [2.05, 4.69) is 31.1 Å². The summed E-state index contributed by atoms with van der Waals surface area (Å²) < 4.78 is 0.954. The minimum Gasteiger partial charge on any atom is -0.399 e. The normalized spacial score (nSPS) is 10.5. The van der Waals surface area contributed by atoms with Crippen molar-refractivity contribution in [1.82, 2.24) is 15.2 Å². The highest BCUT2D eigenvalue weighted by molar-refractivity contribution is 9.10. The number of rotatable bonds is 2. The number of anilines is 1. The van der Waals surface area contributed by atoms with Gasteiger partial charge in [0.15, 0.2) is 0 Å². The molecule has 2 aromatic rings. The maximum atomic E-state index is 5.65. The highest BCUT2D eigenvalue weighted by Gasteiger charge is 2.06. The van der Waals surface area contributed by atoms with E-state index in [9.17, 15) is 0 Å². The second-order valence-electron chi connectivity index (χ2n) is 3.00. The van der Waals surface area contributed by atoms with Gasteiger partial charge in [-0.2, -0.15) is 0 Å². The Morgan fingerprint density at radius 3 is 2.87 bits per heavy atom. The molecule has 15 heavy (non-hydrogen) atoms. The summed E-state index contributed by atoms with van der Waals surface area (Å²) in [5.41, 5.74) is 6.38. The molecule has 0 amide bonds. The van der Waals surface area contributed by atoms with Gasteiger partial charge >= 0.3 is 0 Å². The highest BCUT2D eigenvalue weighted by Crippen LogP contribution is 2.32. The molecule has 0 bridgehead atoms. The molecule has 6 heteroatoms. The lowest BCUT2D eigenvalue weighted by molar-refractivity contribution is 0.969. The lowest BCUT2D eigenvalue weighted by atomic mass is 10.3. The number of hydrogen-bond acceptors (Lipinski definition) is 4. The van der Waals surface area contributed by atoms with Gasteiger partial charge in [0, 0.05) is 15.1 Å². The van der Waals surface area contributed by atoms with Crippen molar-refractivity contribution in [2.24, 2.45) is 0 Å². The van der Waals surface area contributed by atoms with Crippen LogP contribution in [0.25, 0.3) is 0 Å². The van der Waals surface area contributed by atoms with Crippen LogP contribution in [0, 0.1) is 6.92 Å². The summed E-state index contributed by atoms with van der Waals surface area (Å²) in [6, 6.07) is 5.66. The molecule has 0 spiro atoms. The van der Waals surface area contributed by atoms with Crippen molar-refractivity contribution in [3.8, 4) is 0 Å². The van der Waals surface area contributed by atoms with Gasteiger partial charge < -0.3 is 5.73 Å². The Labute approximate surface area is 99.8 Å². The van der Waals surface area contributed by atoms with Crippen LogP contribution in [0.1, 0.15) is 5.82 Å². The molecule has 0 aliphatic carbocycles. The number of nitrogens with one attached hydrogen (secondary N) is 1. The van der Waals surface area contributed by atoms with E-state index >= 15 is 0 Å². The van der Waals surface area contributed by atoms with Crippen molar-refractivity contribution in [2.45, 2.75) is 17.0 Å². The van der Waals surface area contributed by atoms with E-state index in [-0.39, 0.29) is 0 Å². The number of aryl methyl sites for hydroxylation is 1. The minimum absolute atomic E-state index is 0.706. The highest BCUT2D eigenvalue weighted by atomic mass is 79.9. The molecule has 0 saturated heterocycles. The predicted octanol–water partition coefficient (Wildman–Crippen LogP) is 2.61. The molecule has 0 aliphatic rings. The number of halogens is 1. The first kappa shape index (κ1) is 10.5. The van der Waals surface area contributed by atoms with Crippen LogP contribution in [-0.2, 0) is 0 Å². The van der Waals surface area contributed by atoms with Gasteiger partial charge in [-0.1, -0.05) is 0 Å². The zero-order valence-electron chi connectivity index (χ0n) is 7.99. The van der Waals surface area contributed by atoms with Crippen molar-refractivity contribution in [3.63, 3.8) is 0 Å². The third kappa shape index (κ3) is 2.51. The largest absolute Gasteiger partial charge is 0.399 e. The second-order valence-corrected chi connectivity index (χ2v) is 4.86. The van der Waals surface area contributed by atoms with Crippen molar-refractivity contribution >= 4 is 33.4 Å². The van der Waals surface area contributed by atoms with E-state index in [1.807, 2.05) is 25.1 Å². The predicted molar refractivity (Wildman–Crippen MR) is 63.8 cm³/mol. The maximum Gasteiger partial charge on any atom is 0.213 e. The fourth-order valence-electron chi connectivity index (χ4n) is 1.07. The van der Waals surface area contributed by atoms with E-state index in [0.29, 0.717) is 5.16 Å².